The third-order valence-corrected chi connectivity index (χ3v) is 2.63. The number of piperidine rings is 1. The van der Waals surface area contributed by atoms with Gasteiger partial charge in [-0.15, -0.1) is 0 Å². The van der Waals surface area contributed by atoms with Crippen molar-refractivity contribution in [1.82, 2.24) is 10.2 Å². The third kappa shape index (κ3) is 2.00. The number of piperazine rings is 1. The summed E-state index contributed by atoms with van der Waals surface area (Å²) in [7, 11) is 0. The molecule has 14 heavy (non-hydrogen) atoms. The molecule has 1 amide bonds. The molecule has 0 saturated carbocycles. The van der Waals surface area contributed by atoms with E-state index in [9.17, 15) is 18.0 Å². The van der Waals surface area contributed by atoms with Gasteiger partial charge in [0.1, 0.15) is 6.42 Å². The number of hydrogen-bond donors (Lipinski definition) is 1. The zero-order valence-corrected chi connectivity index (χ0v) is 7.47. The lowest BCUT2D eigenvalue weighted by Gasteiger charge is -2.48. The quantitative estimate of drug-likeness (QED) is 0.681. The number of hydrogen-bond acceptors (Lipinski definition) is 2. The van der Waals surface area contributed by atoms with Gasteiger partial charge in [0.25, 0.3) is 0 Å². The summed E-state index contributed by atoms with van der Waals surface area (Å²) in [6.45, 7) is 0.844. The van der Waals surface area contributed by atoms with Crippen LogP contribution in [-0.2, 0) is 4.79 Å². The predicted molar refractivity (Wildman–Crippen MR) is 42.6 cm³/mol. The van der Waals surface area contributed by atoms with E-state index in [1.165, 1.54) is 4.90 Å². The number of alkyl halides is 3. The molecule has 3 nitrogen and oxygen atoms in total. The lowest BCUT2D eigenvalue weighted by Crippen LogP contribution is -2.67. The second-order valence-corrected chi connectivity index (χ2v) is 3.89. The Hall–Kier alpha value is -0.780. The average molecular weight is 208 g/mol. The first-order chi connectivity index (χ1) is 6.44. The summed E-state index contributed by atoms with van der Waals surface area (Å²) < 4.78 is 35.7. The van der Waals surface area contributed by atoms with E-state index in [0.717, 1.165) is 6.42 Å². The Morgan fingerprint density at radius 1 is 1.36 bits per heavy atom. The van der Waals surface area contributed by atoms with Gasteiger partial charge in [-0.3, -0.25) is 4.79 Å². The summed E-state index contributed by atoms with van der Waals surface area (Å²) in [5.74, 6) is -0.797. The SMILES string of the molecule is O=C(CC(F)(F)F)N1CC2CC(C1)N2. The lowest BCUT2D eigenvalue weighted by atomic mass is 9.91. The summed E-state index contributed by atoms with van der Waals surface area (Å²) in [4.78, 5) is 12.5. The second kappa shape index (κ2) is 3.12. The van der Waals surface area contributed by atoms with Gasteiger partial charge in [-0.2, -0.15) is 13.2 Å². The zero-order valence-electron chi connectivity index (χ0n) is 7.47. The molecule has 3 heterocycles. The highest BCUT2D eigenvalue weighted by molar-refractivity contribution is 5.77. The van der Waals surface area contributed by atoms with Gasteiger partial charge in [0.15, 0.2) is 0 Å². The van der Waals surface area contributed by atoms with Crippen molar-refractivity contribution in [3.8, 4) is 0 Å². The van der Waals surface area contributed by atoms with Gasteiger partial charge in [0.2, 0.25) is 5.91 Å². The topological polar surface area (TPSA) is 32.3 Å². The van der Waals surface area contributed by atoms with Gasteiger partial charge >= 0.3 is 6.18 Å². The van der Waals surface area contributed by atoms with Gasteiger partial charge in [0.05, 0.1) is 0 Å². The fourth-order valence-corrected chi connectivity index (χ4v) is 2.00. The number of nitrogens with one attached hydrogen (secondary N) is 1. The summed E-state index contributed by atoms with van der Waals surface area (Å²) >= 11 is 0. The van der Waals surface area contributed by atoms with Crippen LogP contribution >= 0.6 is 0 Å². The summed E-state index contributed by atoms with van der Waals surface area (Å²) in [5, 5.41) is 3.15. The Balaban J connectivity index is 1.86. The van der Waals surface area contributed by atoms with E-state index < -0.39 is 18.5 Å². The molecule has 3 fully saturated rings. The van der Waals surface area contributed by atoms with Gasteiger partial charge in [-0.05, 0) is 6.42 Å². The Morgan fingerprint density at radius 2 is 1.86 bits per heavy atom. The van der Waals surface area contributed by atoms with Crippen molar-refractivity contribution >= 4 is 5.91 Å². The van der Waals surface area contributed by atoms with E-state index >= 15 is 0 Å². The molecule has 1 N–H and O–H groups in total. The molecule has 80 valence electrons. The van der Waals surface area contributed by atoms with Crippen molar-refractivity contribution in [1.29, 1.82) is 0 Å². The maximum absolute atomic E-state index is 11.9. The highest BCUT2D eigenvalue weighted by atomic mass is 19.4. The van der Waals surface area contributed by atoms with Gasteiger partial charge in [0, 0.05) is 25.2 Å². The maximum atomic E-state index is 11.9. The first-order valence-corrected chi connectivity index (χ1v) is 4.54. The number of nitrogens with zero attached hydrogens (tertiary/aromatic N) is 1. The first-order valence-electron chi connectivity index (χ1n) is 4.54. The van der Waals surface area contributed by atoms with Gasteiger partial charge in [-0.1, -0.05) is 0 Å². The van der Waals surface area contributed by atoms with Crippen LogP contribution in [0.3, 0.4) is 0 Å². The molecule has 2 unspecified atom stereocenters. The average Bonchev–Trinajstić information content (AvgIpc) is 2.00. The minimum absolute atomic E-state index is 0.214. The molecule has 3 saturated heterocycles. The van der Waals surface area contributed by atoms with E-state index in [0.29, 0.717) is 13.1 Å². The minimum Gasteiger partial charge on any atom is -0.339 e. The third-order valence-electron chi connectivity index (χ3n) is 2.63. The van der Waals surface area contributed by atoms with Crippen LogP contribution in [0.2, 0.25) is 0 Å². The van der Waals surface area contributed by atoms with E-state index in [4.69, 9.17) is 0 Å². The molecular formula is C8H11F3N2O. The maximum Gasteiger partial charge on any atom is 0.397 e. The van der Waals surface area contributed by atoms with Crippen LogP contribution in [-0.4, -0.2) is 42.2 Å². The molecule has 2 bridgehead atoms. The highest BCUT2D eigenvalue weighted by Crippen LogP contribution is 2.25. The van der Waals surface area contributed by atoms with Crippen molar-refractivity contribution in [2.75, 3.05) is 13.1 Å². The van der Waals surface area contributed by atoms with Crippen LogP contribution in [0.5, 0.6) is 0 Å². The number of halogens is 3. The molecule has 3 aliphatic heterocycles. The van der Waals surface area contributed by atoms with Crippen LogP contribution in [0, 0.1) is 0 Å². The van der Waals surface area contributed by atoms with E-state index in [1.807, 2.05) is 0 Å². The fraction of sp³-hybridized carbons (Fsp3) is 0.875. The highest BCUT2D eigenvalue weighted by Gasteiger charge is 2.41. The molecule has 6 heteroatoms. The number of fused-ring (bicyclic) bond motifs is 2. The smallest absolute Gasteiger partial charge is 0.339 e. The zero-order chi connectivity index (χ0) is 10.3. The van der Waals surface area contributed by atoms with E-state index in [1.54, 1.807) is 0 Å². The Labute approximate surface area is 79.3 Å². The second-order valence-electron chi connectivity index (χ2n) is 3.89. The number of carbonyl (C=O) groups excluding carboxylic acids is 1. The fourth-order valence-electron chi connectivity index (χ4n) is 2.00. The predicted octanol–water partition coefficient (Wildman–Crippen LogP) is 0.512. The van der Waals surface area contributed by atoms with Crippen molar-refractivity contribution in [3.63, 3.8) is 0 Å². The summed E-state index contributed by atoms with van der Waals surface area (Å²) in [6, 6.07) is 0.428. The van der Waals surface area contributed by atoms with E-state index in [-0.39, 0.29) is 12.1 Å². The first kappa shape index (κ1) is 9.76. The Morgan fingerprint density at radius 3 is 2.29 bits per heavy atom. The van der Waals surface area contributed by atoms with Crippen molar-refractivity contribution < 1.29 is 18.0 Å². The summed E-state index contributed by atoms with van der Waals surface area (Å²) in [5.41, 5.74) is 0. The molecule has 0 spiro atoms. The lowest BCUT2D eigenvalue weighted by molar-refractivity contribution is -0.164. The Kier molecular flexibility index (Phi) is 2.17. The van der Waals surface area contributed by atoms with Crippen molar-refractivity contribution in [3.05, 3.63) is 0 Å². The number of carbonyl (C=O) groups is 1. The van der Waals surface area contributed by atoms with Crippen LogP contribution in [0.1, 0.15) is 12.8 Å². The summed E-state index contributed by atoms with van der Waals surface area (Å²) in [6.07, 6.45) is -4.73. The standard InChI is InChI=1S/C8H11F3N2O/c9-8(10,11)2-7(14)13-3-5-1-6(4-13)12-5/h5-6,12H,1-4H2. The van der Waals surface area contributed by atoms with Crippen LogP contribution in [0.25, 0.3) is 0 Å². The molecule has 0 radical (unpaired) electrons. The van der Waals surface area contributed by atoms with Gasteiger partial charge in [-0.25, -0.2) is 0 Å². The monoisotopic (exact) mass is 208 g/mol. The molecule has 0 aromatic heterocycles. The number of amides is 1. The van der Waals surface area contributed by atoms with Crippen molar-refractivity contribution in [2.45, 2.75) is 31.1 Å². The number of rotatable bonds is 1. The van der Waals surface area contributed by atoms with E-state index in [2.05, 4.69) is 5.32 Å². The molecule has 3 aliphatic rings. The Bertz CT molecular complexity index is 237. The molecule has 2 atom stereocenters. The van der Waals surface area contributed by atoms with Crippen LogP contribution in [0.15, 0.2) is 0 Å². The molecular weight excluding hydrogens is 197 g/mol. The van der Waals surface area contributed by atoms with Crippen molar-refractivity contribution in [2.24, 2.45) is 0 Å². The molecule has 3 rings (SSSR count). The molecule has 0 aromatic carbocycles. The molecule has 0 aromatic rings. The largest absolute Gasteiger partial charge is 0.397 e. The molecule has 0 aliphatic carbocycles. The van der Waals surface area contributed by atoms with Crippen LogP contribution < -0.4 is 5.32 Å². The minimum atomic E-state index is -4.38. The van der Waals surface area contributed by atoms with Crippen LogP contribution in [0.4, 0.5) is 13.2 Å². The normalized spacial score (nSPS) is 31.2. The van der Waals surface area contributed by atoms with Gasteiger partial charge < -0.3 is 10.2 Å².